The largest absolute Gasteiger partial charge is 0.486 e. The van der Waals surface area contributed by atoms with Gasteiger partial charge in [0, 0.05) is 5.54 Å². The summed E-state index contributed by atoms with van der Waals surface area (Å²) in [5, 5.41) is 2.93. The number of benzene rings is 2. The van der Waals surface area contributed by atoms with Gasteiger partial charge in [-0.25, -0.2) is 0 Å². The maximum Gasteiger partial charge on any atom is 0.194 e. The van der Waals surface area contributed by atoms with Gasteiger partial charge < -0.3 is 14.5 Å². The lowest BCUT2D eigenvalue weighted by molar-refractivity contribution is 0.0538. The molecule has 0 aromatic heterocycles. The van der Waals surface area contributed by atoms with Gasteiger partial charge in [-0.3, -0.25) is 0 Å². The van der Waals surface area contributed by atoms with Crippen molar-refractivity contribution in [2.75, 3.05) is 13.2 Å². The number of allylic oxidation sites excluding steroid dienone is 2. The van der Waals surface area contributed by atoms with E-state index in [1.54, 1.807) is 0 Å². The molecule has 1 N–H and O–H groups in total. The normalized spacial score (nSPS) is 27.4. The molecule has 32 heavy (non-hydrogen) atoms. The molecule has 0 spiro atoms. The lowest BCUT2D eigenvalue weighted by Crippen LogP contribution is -2.76. The van der Waals surface area contributed by atoms with Gasteiger partial charge in [-0.15, -0.1) is 0 Å². The van der Waals surface area contributed by atoms with Gasteiger partial charge in [-0.05, 0) is 73.0 Å². The monoisotopic (exact) mass is 445 g/mol. The molecule has 2 aromatic carbocycles. The van der Waals surface area contributed by atoms with E-state index in [2.05, 4.69) is 105 Å². The van der Waals surface area contributed by atoms with Crippen molar-refractivity contribution >= 4 is 18.6 Å². The fraction of sp³-hybridized carbons (Fsp3) is 0.429. The quantitative estimate of drug-likeness (QED) is 0.698. The van der Waals surface area contributed by atoms with E-state index in [0.29, 0.717) is 36.5 Å². The second-order valence-electron chi connectivity index (χ2n) is 10.7. The van der Waals surface area contributed by atoms with Crippen molar-refractivity contribution in [1.82, 2.24) is 4.98 Å². The summed E-state index contributed by atoms with van der Waals surface area (Å²) in [5.74, 6) is 3.43. The molecule has 1 heterocycles. The van der Waals surface area contributed by atoms with Crippen LogP contribution in [0.4, 0.5) is 0 Å². The van der Waals surface area contributed by atoms with Crippen LogP contribution < -0.4 is 15.4 Å². The van der Waals surface area contributed by atoms with E-state index in [0.717, 1.165) is 11.5 Å². The molecule has 1 aliphatic heterocycles. The first-order chi connectivity index (χ1) is 15.4. The number of rotatable bonds is 4. The maximum absolute atomic E-state index is 6.06. The molecule has 2 aromatic rings. The third-order valence-corrected chi connectivity index (χ3v) is 12.8. The second-order valence-corrected chi connectivity index (χ2v) is 14.3. The molecule has 0 amide bonds. The van der Waals surface area contributed by atoms with Gasteiger partial charge in [0.25, 0.3) is 0 Å². The highest BCUT2D eigenvalue weighted by molar-refractivity contribution is 7.01. The van der Waals surface area contributed by atoms with Crippen LogP contribution in [0.25, 0.3) is 0 Å². The SMILES string of the molecule is CC1CC2C=C3OCCOC3=CC2C1[Si](NC(C)(C)C)(c1ccccc1)c1ccccc1. The van der Waals surface area contributed by atoms with E-state index >= 15 is 0 Å². The average Bonchev–Trinajstić information content (AvgIpc) is 3.11. The van der Waals surface area contributed by atoms with Gasteiger partial charge in [-0.2, -0.15) is 0 Å². The predicted octanol–water partition coefficient (Wildman–Crippen LogP) is 4.61. The molecule has 0 radical (unpaired) electrons. The second kappa shape index (κ2) is 8.24. The molecule has 168 valence electrons. The van der Waals surface area contributed by atoms with Crippen molar-refractivity contribution in [3.8, 4) is 0 Å². The van der Waals surface area contributed by atoms with Crippen LogP contribution in [0.3, 0.4) is 0 Å². The molecule has 1 saturated heterocycles. The van der Waals surface area contributed by atoms with Crippen LogP contribution in [0.2, 0.25) is 5.54 Å². The Morgan fingerprint density at radius 1 is 0.812 bits per heavy atom. The summed E-state index contributed by atoms with van der Waals surface area (Å²) in [6.45, 7) is 10.7. The Labute approximate surface area is 193 Å². The first-order valence-corrected chi connectivity index (χ1v) is 14.1. The first-order valence-electron chi connectivity index (χ1n) is 12.0. The summed E-state index contributed by atoms with van der Waals surface area (Å²) in [6.07, 6.45) is 5.96. The smallest absolute Gasteiger partial charge is 0.194 e. The first kappa shape index (κ1) is 21.5. The Hall–Kier alpha value is -2.30. The lowest BCUT2D eigenvalue weighted by atomic mass is 9.90. The third-order valence-electron chi connectivity index (χ3n) is 7.25. The van der Waals surface area contributed by atoms with Gasteiger partial charge in [-0.1, -0.05) is 67.6 Å². The van der Waals surface area contributed by atoms with Crippen molar-refractivity contribution in [2.24, 2.45) is 17.8 Å². The van der Waals surface area contributed by atoms with Crippen molar-refractivity contribution < 1.29 is 9.47 Å². The maximum atomic E-state index is 6.06. The zero-order valence-corrected chi connectivity index (χ0v) is 20.7. The van der Waals surface area contributed by atoms with Crippen LogP contribution in [0.1, 0.15) is 34.1 Å². The van der Waals surface area contributed by atoms with Crippen molar-refractivity contribution in [3.63, 3.8) is 0 Å². The lowest BCUT2D eigenvalue weighted by Gasteiger charge is -2.47. The molecule has 4 unspecified atom stereocenters. The molecular weight excluding hydrogens is 410 g/mol. The molecule has 3 aliphatic rings. The van der Waals surface area contributed by atoms with Crippen molar-refractivity contribution in [3.05, 3.63) is 84.3 Å². The van der Waals surface area contributed by atoms with Crippen LogP contribution in [0.5, 0.6) is 0 Å². The Bertz CT molecular complexity index is 969. The van der Waals surface area contributed by atoms with Crippen molar-refractivity contribution in [2.45, 2.75) is 45.2 Å². The Kier molecular flexibility index (Phi) is 5.54. The summed E-state index contributed by atoms with van der Waals surface area (Å²) in [4.78, 5) is 4.30. The molecule has 5 rings (SSSR count). The number of fused-ring (bicyclic) bond motifs is 2. The van der Waals surface area contributed by atoms with Crippen molar-refractivity contribution in [1.29, 1.82) is 0 Å². The molecule has 4 atom stereocenters. The molecule has 2 fully saturated rings. The highest BCUT2D eigenvalue weighted by Gasteiger charge is 2.57. The van der Waals surface area contributed by atoms with Gasteiger partial charge in [0.2, 0.25) is 0 Å². The molecule has 2 aliphatic carbocycles. The summed E-state index contributed by atoms with van der Waals surface area (Å²) < 4.78 is 12.0. The molecule has 4 heteroatoms. The van der Waals surface area contributed by atoms with E-state index in [1.807, 2.05) is 0 Å². The minimum absolute atomic E-state index is 0.0109. The number of hydrogen-bond donors (Lipinski definition) is 1. The number of ether oxygens (including phenoxy) is 2. The van der Waals surface area contributed by atoms with Gasteiger partial charge in [0.1, 0.15) is 13.2 Å². The summed E-state index contributed by atoms with van der Waals surface area (Å²) in [5.41, 5.74) is 0.496. The Balaban J connectivity index is 1.71. The zero-order valence-electron chi connectivity index (χ0n) is 19.7. The van der Waals surface area contributed by atoms with Crippen LogP contribution in [0.15, 0.2) is 84.3 Å². The molecule has 1 saturated carbocycles. The highest BCUT2D eigenvalue weighted by Crippen LogP contribution is 2.54. The van der Waals surface area contributed by atoms with E-state index < -0.39 is 8.24 Å². The van der Waals surface area contributed by atoms with Crippen LogP contribution >= 0.6 is 0 Å². The molecule has 3 nitrogen and oxygen atoms in total. The standard InChI is InChI=1S/C28H35NO2Si/c1-20-17-21-18-25-26(31-16-15-30-25)19-24(21)27(20)32(29-28(2,3)4,22-11-7-5-8-12-22)23-13-9-6-10-14-23/h5-14,18-21,24,27,29H,15-17H2,1-4H3. The topological polar surface area (TPSA) is 30.5 Å². The summed E-state index contributed by atoms with van der Waals surface area (Å²) >= 11 is 0. The van der Waals surface area contributed by atoms with Crippen LogP contribution in [0, 0.1) is 17.8 Å². The van der Waals surface area contributed by atoms with E-state index in [-0.39, 0.29) is 5.54 Å². The Morgan fingerprint density at radius 3 is 1.88 bits per heavy atom. The molecular formula is C28H35NO2Si. The Morgan fingerprint density at radius 2 is 1.34 bits per heavy atom. The van der Waals surface area contributed by atoms with Gasteiger partial charge in [0.15, 0.2) is 19.8 Å². The van der Waals surface area contributed by atoms with E-state index in [9.17, 15) is 0 Å². The zero-order chi connectivity index (χ0) is 22.3. The minimum atomic E-state index is -2.40. The number of hydrogen-bond acceptors (Lipinski definition) is 3. The van der Waals surface area contributed by atoms with Crippen LogP contribution in [-0.4, -0.2) is 27.0 Å². The number of nitrogens with one attached hydrogen (secondary N) is 1. The van der Waals surface area contributed by atoms with Gasteiger partial charge >= 0.3 is 0 Å². The van der Waals surface area contributed by atoms with Gasteiger partial charge in [0.05, 0.1) is 0 Å². The fourth-order valence-electron chi connectivity index (χ4n) is 6.35. The predicted molar refractivity (Wildman–Crippen MR) is 133 cm³/mol. The fourth-order valence-corrected chi connectivity index (χ4v) is 12.4. The summed E-state index contributed by atoms with van der Waals surface area (Å²) in [6, 6.07) is 22.5. The highest BCUT2D eigenvalue weighted by atomic mass is 28.3. The average molecular weight is 446 g/mol. The van der Waals surface area contributed by atoms with E-state index in [4.69, 9.17) is 9.47 Å². The van der Waals surface area contributed by atoms with Crippen LogP contribution in [-0.2, 0) is 9.47 Å². The summed E-state index contributed by atoms with van der Waals surface area (Å²) in [7, 11) is -2.40. The molecule has 0 bridgehead atoms. The van der Waals surface area contributed by atoms with E-state index in [1.165, 1.54) is 16.8 Å². The third kappa shape index (κ3) is 3.74. The minimum Gasteiger partial charge on any atom is -0.486 e.